The number of nitrogens with zero attached hydrogens (tertiary/aromatic N) is 1. The van der Waals surface area contributed by atoms with Crippen LogP contribution >= 0.6 is 0 Å². The van der Waals surface area contributed by atoms with Crippen molar-refractivity contribution in [3.8, 4) is 5.75 Å². The molecule has 3 rings (SSSR count). The molecule has 0 saturated heterocycles. The molecular weight excluding hydrogens is 292 g/mol. The fourth-order valence-corrected chi connectivity index (χ4v) is 2.21. The Hall–Kier alpha value is -2.89. The van der Waals surface area contributed by atoms with Gasteiger partial charge < -0.3 is 14.7 Å². The Kier molecular flexibility index (Phi) is 3.50. The highest BCUT2D eigenvalue weighted by Gasteiger charge is 2.26. The molecule has 0 fully saturated rings. The number of carboxylic acid groups (broad SMARTS) is 1. The molecule has 0 amide bonds. The average Bonchev–Trinajstić information content (AvgIpc) is 2.50. The van der Waals surface area contributed by atoms with Gasteiger partial charge in [-0.15, -0.1) is 0 Å². The minimum atomic E-state index is -1.33. The largest absolute Gasteiger partial charge is 0.475 e. The smallest absolute Gasteiger partial charge is 0.373 e. The summed E-state index contributed by atoms with van der Waals surface area (Å²) in [6, 6.07) is 10.4. The number of rotatable bonds is 3. The molecule has 2 aromatic rings. The van der Waals surface area contributed by atoms with Gasteiger partial charge in [-0.2, -0.15) is 0 Å². The number of carbonyl (C=O) groups is 1. The Morgan fingerprint density at radius 2 is 1.82 bits per heavy atom. The van der Waals surface area contributed by atoms with Crippen LogP contribution in [0, 0.1) is 11.6 Å². The van der Waals surface area contributed by atoms with Crippen molar-refractivity contribution >= 4 is 11.7 Å². The van der Waals surface area contributed by atoms with Gasteiger partial charge in [0, 0.05) is 5.56 Å². The highest BCUT2D eigenvalue weighted by atomic mass is 19.1. The first kappa shape index (κ1) is 14.1. The van der Waals surface area contributed by atoms with E-state index in [9.17, 15) is 13.6 Å². The number of para-hydroxylation sites is 1. The van der Waals surface area contributed by atoms with Crippen LogP contribution < -0.4 is 9.64 Å². The summed E-state index contributed by atoms with van der Waals surface area (Å²) in [7, 11) is 0. The molecule has 6 heteroatoms. The Labute approximate surface area is 124 Å². The lowest BCUT2D eigenvalue weighted by Gasteiger charge is -2.28. The third-order valence-electron chi connectivity index (χ3n) is 3.25. The number of carboxylic acids is 1. The van der Waals surface area contributed by atoms with Crippen LogP contribution in [-0.4, -0.2) is 11.1 Å². The number of benzene rings is 2. The molecule has 2 aromatic carbocycles. The van der Waals surface area contributed by atoms with E-state index in [2.05, 4.69) is 0 Å². The lowest BCUT2D eigenvalue weighted by molar-refractivity contribution is -0.135. The van der Waals surface area contributed by atoms with Gasteiger partial charge in [-0.05, 0) is 18.2 Å². The highest BCUT2D eigenvalue weighted by molar-refractivity contribution is 5.87. The van der Waals surface area contributed by atoms with E-state index >= 15 is 0 Å². The molecule has 0 unspecified atom stereocenters. The molecule has 0 saturated carbocycles. The van der Waals surface area contributed by atoms with E-state index in [0.29, 0.717) is 11.3 Å². The summed E-state index contributed by atoms with van der Waals surface area (Å²) >= 11 is 0. The van der Waals surface area contributed by atoms with Gasteiger partial charge in [0.25, 0.3) is 0 Å². The van der Waals surface area contributed by atoms with Gasteiger partial charge in [-0.1, -0.05) is 24.3 Å². The predicted molar refractivity (Wildman–Crippen MR) is 75.3 cm³/mol. The lowest BCUT2D eigenvalue weighted by atomic mass is 10.1. The van der Waals surface area contributed by atoms with Crippen LogP contribution in [0.1, 0.15) is 5.56 Å². The van der Waals surface area contributed by atoms with Crippen molar-refractivity contribution in [1.82, 2.24) is 0 Å². The van der Waals surface area contributed by atoms with Crippen LogP contribution in [0.3, 0.4) is 0 Å². The molecule has 0 bridgehead atoms. The molecule has 0 aliphatic carbocycles. The molecule has 1 heterocycles. The number of aliphatic carboxylic acids is 1. The monoisotopic (exact) mass is 303 g/mol. The lowest BCUT2D eigenvalue weighted by Crippen LogP contribution is -2.25. The molecule has 0 spiro atoms. The summed E-state index contributed by atoms with van der Waals surface area (Å²) in [5, 5.41) is 9.08. The Morgan fingerprint density at radius 3 is 2.55 bits per heavy atom. The summed E-state index contributed by atoms with van der Waals surface area (Å²) in [6.07, 6.45) is 1.22. The van der Waals surface area contributed by atoms with Gasteiger partial charge in [0.15, 0.2) is 11.6 Å². The van der Waals surface area contributed by atoms with Gasteiger partial charge in [0.1, 0.15) is 5.82 Å². The topological polar surface area (TPSA) is 49.8 Å². The van der Waals surface area contributed by atoms with Crippen molar-refractivity contribution < 1.29 is 23.4 Å². The highest BCUT2D eigenvalue weighted by Crippen LogP contribution is 2.37. The van der Waals surface area contributed by atoms with Gasteiger partial charge >= 0.3 is 5.97 Å². The molecule has 1 N–H and O–H groups in total. The Bertz CT molecular complexity index is 774. The summed E-state index contributed by atoms with van der Waals surface area (Å²) in [6.45, 7) is 0.0588. The summed E-state index contributed by atoms with van der Waals surface area (Å²) < 4.78 is 32.7. The van der Waals surface area contributed by atoms with Crippen molar-refractivity contribution in [2.75, 3.05) is 4.90 Å². The first-order chi connectivity index (χ1) is 10.6. The molecule has 0 atom stereocenters. The van der Waals surface area contributed by atoms with Crippen LogP contribution in [0.2, 0.25) is 0 Å². The zero-order chi connectivity index (χ0) is 15.7. The first-order valence-corrected chi connectivity index (χ1v) is 6.48. The number of hydrogen-bond acceptors (Lipinski definition) is 3. The van der Waals surface area contributed by atoms with Crippen molar-refractivity contribution in [3.05, 3.63) is 71.6 Å². The van der Waals surface area contributed by atoms with Crippen molar-refractivity contribution in [2.45, 2.75) is 6.54 Å². The quantitative estimate of drug-likeness (QED) is 0.945. The number of ether oxygens (including phenoxy) is 1. The van der Waals surface area contributed by atoms with E-state index in [1.165, 1.54) is 29.3 Å². The standard InChI is InChI=1S/C16H11F2NO3/c17-11-5-2-1-4-10(11)8-19-9-14(16(20)21)22-15-12(18)6-3-7-13(15)19/h1-7,9H,8H2,(H,20,21). The van der Waals surface area contributed by atoms with Crippen LogP contribution in [0.15, 0.2) is 54.4 Å². The van der Waals surface area contributed by atoms with Crippen LogP contribution in [-0.2, 0) is 11.3 Å². The molecule has 112 valence electrons. The Balaban J connectivity index is 2.04. The zero-order valence-corrected chi connectivity index (χ0v) is 11.3. The normalized spacial score (nSPS) is 13.2. The Morgan fingerprint density at radius 1 is 1.09 bits per heavy atom. The molecule has 0 aromatic heterocycles. The number of halogens is 2. The molecule has 4 nitrogen and oxygen atoms in total. The fraction of sp³-hybridized carbons (Fsp3) is 0.0625. The minimum Gasteiger partial charge on any atom is -0.475 e. The maximum atomic E-state index is 13.9. The van der Waals surface area contributed by atoms with E-state index < -0.39 is 23.4 Å². The zero-order valence-electron chi connectivity index (χ0n) is 11.3. The number of anilines is 1. The predicted octanol–water partition coefficient (Wildman–Crippen LogP) is 3.29. The summed E-state index contributed by atoms with van der Waals surface area (Å²) in [5.74, 6) is -3.03. The second-order valence-electron chi connectivity index (χ2n) is 4.71. The summed E-state index contributed by atoms with van der Waals surface area (Å²) in [4.78, 5) is 12.6. The van der Waals surface area contributed by atoms with Crippen molar-refractivity contribution in [2.24, 2.45) is 0 Å². The first-order valence-electron chi connectivity index (χ1n) is 6.48. The molecule has 1 aliphatic rings. The SMILES string of the molecule is O=C(O)C1=CN(Cc2ccccc2F)c2cccc(F)c2O1. The second-order valence-corrected chi connectivity index (χ2v) is 4.71. The van der Waals surface area contributed by atoms with Gasteiger partial charge in [0.2, 0.25) is 5.76 Å². The van der Waals surface area contributed by atoms with E-state index in [1.807, 2.05) is 0 Å². The van der Waals surface area contributed by atoms with Gasteiger partial charge in [-0.3, -0.25) is 0 Å². The molecule has 1 aliphatic heterocycles. The van der Waals surface area contributed by atoms with E-state index in [0.717, 1.165) is 0 Å². The summed E-state index contributed by atoms with van der Waals surface area (Å²) in [5.41, 5.74) is 0.703. The van der Waals surface area contributed by atoms with Crippen molar-refractivity contribution in [3.63, 3.8) is 0 Å². The van der Waals surface area contributed by atoms with Crippen LogP contribution in [0.4, 0.5) is 14.5 Å². The average molecular weight is 303 g/mol. The number of fused-ring (bicyclic) bond motifs is 1. The molecule has 0 radical (unpaired) electrons. The molecule has 22 heavy (non-hydrogen) atoms. The fourth-order valence-electron chi connectivity index (χ4n) is 2.21. The van der Waals surface area contributed by atoms with E-state index in [4.69, 9.17) is 9.84 Å². The van der Waals surface area contributed by atoms with Gasteiger partial charge in [0.05, 0.1) is 18.4 Å². The van der Waals surface area contributed by atoms with Crippen LogP contribution in [0.5, 0.6) is 5.75 Å². The second kappa shape index (κ2) is 5.48. The third-order valence-corrected chi connectivity index (χ3v) is 3.25. The van der Waals surface area contributed by atoms with Gasteiger partial charge in [-0.25, -0.2) is 13.6 Å². The maximum absolute atomic E-state index is 13.9. The maximum Gasteiger partial charge on any atom is 0.373 e. The van der Waals surface area contributed by atoms with Crippen LogP contribution in [0.25, 0.3) is 0 Å². The molecular formula is C16H11F2NO3. The van der Waals surface area contributed by atoms with E-state index in [-0.39, 0.29) is 12.3 Å². The van der Waals surface area contributed by atoms with E-state index in [1.54, 1.807) is 24.3 Å². The van der Waals surface area contributed by atoms with Crippen molar-refractivity contribution in [1.29, 1.82) is 0 Å². The third kappa shape index (κ3) is 2.50. The number of hydrogen-bond donors (Lipinski definition) is 1. The minimum absolute atomic E-state index is 0.0588.